The standard InChI is InChI=1S/C11H14O2.C2H4O3/c1-11(2,3)13-10(12)9-7-5-4-6-8-9;1-2(3)5-4/h4-8H,1-3H3;4H,1H3. The summed E-state index contributed by atoms with van der Waals surface area (Å²) in [5, 5.41) is 7.29. The third-order valence-electron chi connectivity index (χ3n) is 1.54. The predicted molar refractivity (Wildman–Crippen MR) is 66.0 cm³/mol. The lowest BCUT2D eigenvalue weighted by atomic mass is 10.2. The van der Waals surface area contributed by atoms with Crippen molar-refractivity contribution in [2.75, 3.05) is 0 Å². The molecule has 18 heavy (non-hydrogen) atoms. The van der Waals surface area contributed by atoms with Gasteiger partial charge < -0.3 is 9.62 Å². The molecule has 0 atom stereocenters. The van der Waals surface area contributed by atoms with Crippen LogP contribution in [0.1, 0.15) is 38.1 Å². The molecule has 0 saturated carbocycles. The van der Waals surface area contributed by atoms with Crippen molar-refractivity contribution in [3.05, 3.63) is 35.9 Å². The number of benzene rings is 1. The van der Waals surface area contributed by atoms with E-state index in [1.54, 1.807) is 12.1 Å². The first-order chi connectivity index (χ1) is 8.26. The van der Waals surface area contributed by atoms with Crippen molar-refractivity contribution >= 4 is 11.9 Å². The van der Waals surface area contributed by atoms with Crippen molar-refractivity contribution in [1.82, 2.24) is 0 Å². The maximum atomic E-state index is 11.4. The predicted octanol–water partition coefficient (Wildman–Crippen LogP) is 2.66. The number of hydrogen-bond acceptors (Lipinski definition) is 5. The van der Waals surface area contributed by atoms with Gasteiger partial charge in [0.2, 0.25) is 0 Å². The topological polar surface area (TPSA) is 72.8 Å². The van der Waals surface area contributed by atoms with Gasteiger partial charge in [-0.1, -0.05) is 18.2 Å². The zero-order chi connectivity index (χ0) is 14.2. The molecule has 1 aromatic rings. The summed E-state index contributed by atoms with van der Waals surface area (Å²) in [5.74, 6) is -0.960. The van der Waals surface area contributed by atoms with Crippen LogP contribution >= 0.6 is 0 Å². The van der Waals surface area contributed by atoms with Crippen LogP contribution in [0.3, 0.4) is 0 Å². The quantitative estimate of drug-likeness (QED) is 0.474. The Morgan fingerprint density at radius 2 is 1.56 bits per heavy atom. The molecule has 0 aliphatic carbocycles. The maximum Gasteiger partial charge on any atom is 0.339 e. The number of hydrogen-bond donors (Lipinski definition) is 1. The lowest BCUT2D eigenvalue weighted by Gasteiger charge is -2.19. The van der Waals surface area contributed by atoms with Gasteiger partial charge in [-0.2, -0.15) is 5.26 Å². The first-order valence-electron chi connectivity index (χ1n) is 5.36. The molecule has 5 heteroatoms. The van der Waals surface area contributed by atoms with Gasteiger partial charge in [0.15, 0.2) is 0 Å². The van der Waals surface area contributed by atoms with Crippen molar-refractivity contribution in [3.8, 4) is 0 Å². The number of ether oxygens (including phenoxy) is 1. The van der Waals surface area contributed by atoms with E-state index < -0.39 is 11.6 Å². The third-order valence-corrected chi connectivity index (χ3v) is 1.54. The minimum atomic E-state index is -0.690. The lowest BCUT2D eigenvalue weighted by molar-refractivity contribution is -0.231. The fraction of sp³-hybridized carbons (Fsp3) is 0.385. The second-order valence-corrected chi connectivity index (χ2v) is 4.45. The molecule has 0 bridgehead atoms. The van der Waals surface area contributed by atoms with E-state index >= 15 is 0 Å². The monoisotopic (exact) mass is 254 g/mol. The lowest BCUT2D eigenvalue weighted by Crippen LogP contribution is -2.23. The zero-order valence-corrected chi connectivity index (χ0v) is 11.0. The second kappa shape index (κ2) is 7.45. The summed E-state index contributed by atoms with van der Waals surface area (Å²) in [5.41, 5.74) is 0.171. The molecular formula is C13H18O5. The molecule has 0 spiro atoms. The van der Waals surface area contributed by atoms with Gasteiger partial charge in [-0.25, -0.2) is 9.59 Å². The van der Waals surface area contributed by atoms with E-state index in [4.69, 9.17) is 9.99 Å². The molecular weight excluding hydrogens is 236 g/mol. The number of rotatable bonds is 1. The average Bonchev–Trinajstić information content (AvgIpc) is 2.29. The third kappa shape index (κ3) is 8.29. The van der Waals surface area contributed by atoms with E-state index in [1.807, 2.05) is 39.0 Å². The Labute approximate surface area is 106 Å². The first-order valence-corrected chi connectivity index (χ1v) is 5.36. The molecule has 1 rings (SSSR count). The molecule has 0 aliphatic heterocycles. The molecule has 0 fully saturated rings. The van der Waals surface area contributed by atoms with Gasteiger partial charge in [-0.05, 0) is 32.9 Å². The normalized spacial score (nSPS) is 9.83. The van der Waals surface area contributed by atoms with Gasteiger partial charge in [-0.3, -0.25) is 0 Å². The van der Waals surface area contributed by atoms with Crippen LogP contribution in [-0.2, 0) is 14.4 Å². The Morgan fingerprint density at radius 1 is 1.11 bits per heavy atom. The first kappa shape index (κ1) is 16.1. The van der Waals surface area contributed by atoms with E-state index in [0.717, 1.165) is 6.92 Å². The van der Waals surface area contributed by atoms with Gasteiger partial charge in [-0.15, -0.1) is 0 Å². The highest BCUT2D eigenvalue weighted by molar-refractivity contribution is 5.89. The fourth-order valence-corrected chi connectivity index (χ4v) is 0.911. The van der Waals surface area contributed by atoms with E-state index in [1.165, 1.54) is 0 Å². The molecule has 0 aromatic heterocycles. The Hall–Kier alpha value is -1.88. The Balaban J connectivity index is 0.000000494. The largest absolute Gasteiger partial charge is 0.456 e. The summed E-state index contributed by atoms with van der Waals surface area (Å²) in [6, 6.07) is 8.99. The van der Waals surface area contributed by atoms with Crippen molar-refractivity contribution in [2.24, 2.45) is 0 Å². The van der Waals surface area contributed by atoms with Gasteiger partial charge in [0.05, 0.1) is 5.56 Å². The average molecular weight is 254 g/mol. The Bertz CT molecular complexity index is 378. The van der Waals surface area contributed by atoms with Gasteiger partial charge in [0, 0.05) is 6.92 Å². The van der Waals surface area contributed by atoms with E-state index in [2.05, 4.69) is 4.89 Å². The maximum absolute atomic E-state index is 11.4. The van der Waals surface area contributed by atoms with Crippen molar-refractivity contribution in [3.63, 3.8) is 0 Å². The van der Waals surface area contributed by atoms with Crippen LogP contribution in [0.15, 0.2) is 30.3 Å². The molecule has 1 N–H and O–H groups in total. The van der Waals surface area contributed by atoms with Crippen molar-refractivity contribution < 1.29 is 24.5 Å². The van der Waals surface area contributed by atoms with E-state index in [-0.39, 0.29) is 5.97 Å². The zero-order valence-electron chi connectivity index (χ0n) is 11.0. The molecule has 0 radical (unpaired) electrons. The molecule has 0 saturated heterocycles. The van der Waals surface area contributed by atoms with Crippen LogP contribution in [0.2, 0.25) is 0 Å². The second-order valence-electron chi connectivity index (χ2n) is 4.45. The number of carbonyl (C=O) groups excluding carboxylic acids is 2. The van der Waals surface area contributed by atoms with Crippen LogP contribution in [-0.4, -0.2) is 22.8 Å². The molecule has 100 valence electrons. The highest BCUT2D eigenvalue weighted by atomic mass is 17.1. The molecule has 0 amide bonds. The molecule has 0 heterocycles. The van der Waals surface area contributed by atoms with Crippen LogP contribution in [0.4, 0.5) is 0 Å². The summed E-state index contributed by atoms with van der Waals surface area (Å²) in [7, 11) is 0. The summed E-state index contributed by atoms with van der Waals surface area (Å²) < 4.78 is 5.18. The van der Waals surface area contributed by atoms with Crippen LogP contribution < -0.4 is 0 Å². The Morgan fingerprint density at radius 3 is 1.89 bits per heavy atom. The van der Waals surface area contributed by atoms with E-state index in [0.29, 0.717) is 5.56 Å². The number of esters is 1. The minimum absolute atomic E-state index is 0.270. The fourth-order valence-electron chi connectivity index (χ4n) is 0.911. The summed E-state index contributed by atoms with van der Waals surface area (Å²) in [4.78, 5) is 23.9. The van der Waals surface area contributed by atoms with Crippen LogP contribution in [0, 0.1) is 0 Å². The Kier molecular flexibility index (Phi) is 6.67. The van der Waals surface area contributed by atoms with Gasteiger partial charge >= 0.3 is 11.9 Å². The van der Waals surface area contributed by atoms with Crippen LogP contribution in [0.25, 0.3) is 0 Å². The van der Waals surface area contributed by atoms with Crippen LogP contribution in [0.5, 0.6) is 0 Å². The van der Waals surface area contributed by atoms with Gasteiger partial charge in [0.25, 0.3) is 0 Å². The highest BCUT2D eigenvalue weighted by Crippen LogP contribution is 2.11. The van der Waals surface area contributed by atoms with Crippen molar-refractivity contribution in [1.29, 1.82) is 0 Å². The summed E-state index contributed by atoms with van der Waals surface area (Å²) >= 11 is 0. The van der Waals surface area contributed by atoms with E-state index in [9.17, 15) is 9.59 Å². The molecule has 5 nitrogen and oxygen atoms in total. The molecule has 1 aromatic carbocycles. The SMILES string of the molecule is CC(=O)OO.CC(C)(C)OC(=O)c1ccccc1. The number of carbonyl (C=O) groups is 2. The van der Waals surface area contributed by atoms with Gasteiger partial charge in [0.1, 0.15) is 5.60 Å². The summed E-state index contributed by atoms with van der Waals surface area (Å²) in [6.45, 7) is 6.68. The minimum Gasteiger partial charge on any atom is -0.456 e. The van der Waals surface area contributed by atoms with Crippen molar-refractivity contribution in [2.45, 2.75) is 33.3 Å². The molecule has 0 unspecified atom stereocenters. The summed E-state index contributed by atoms with van der Waals surface area (Å²) in [6.07, 6.45) is 0. The smallest absolute Gasteiger partial charge is 0.339 e. The highest BCUT2D eigenvalue weighted by Gasteiger charge is 2.16. The molecule has 0 aliphatic rings.